The van der Waals surface area contributed by atoms with Gasteiger partial charge in [-0.05, 0) is 0 Å². The summed E-state index contributed by atoms with van der Waals surface area (Å²) in [6.07, 6.45) is -38.5. The average molecular weight is 1480 g/mol. The molecule has 0 saturated heterocycles. The van der Waals surface area contributed by atoms with Crippen LogP contribution in [0.4, 0.5) is 182 Å². The molecule has 3 amide bonds. The number of amides is 3. The summed E-state index contributed by atoms with van der Waals surface area (Å²) in [7, 11) is 0.784. The predicted octanol–water partition coefficient (Wildman–Crippen LogP) is 15.7. The Balaban J connectivity index is 4.69. The molecule has 0 saturated carbocycles. The summed E-state index contributed by atoms with van der Waals surface area (Å²) in [6, 6.07) is -3.55. The maximum atomic E-state index is 15.6. The fourth-order valence-electron chi connectivity index (χ4n) is 7.38. The number of methoxy groups -OCH3 is 1. The Morgan fingerprint density at radius 2 is 0.713 bits per heavy atom. The average Bonchev–Trinajstić information content (AvgIpc) is 0.978. The normalized spacial score (nSPS) is 15.7. The van der Waals surface area contributed by atoms with Gasteiger partial charge in [0.15, 0.2) is 0 Å². The molecule has 87 heavy (non-hydrogen) atoms. The number of anilines is 1. The molecule has 0 radical (unpaired) electrons. The number of hydrogen-bond donors (Lipinski definition) is 3. The Morgan fingerprint density at radius 1 is 0.425 bits per heavy atom. The molecule has 3 N–H and O–H groups in total. The maximum absolute atomic E-state index is 15.6. The van der Waals surface area contributed by atoms with Crippen LogP contribution in [0.1, 0.15) is 45.4 Å². The van der Waals surface area contributed by atoms with Crippen LogP contribution in [-0.2, 0) is 14.3 Å². The molecule has 0 heterocycles. The van der Waals surface area contributed by atoms with E-state index in [0.29, 0.717) is 0 Å². The third-order valence-electron chi connectivity index (χ3n) is 12.6. The van der Waals surface area contributed by atoms with Crippen LogP contribution in [0, 0.1) is 0 Å². The monoisotopic (exact) mass is 1480 g/mol. The van der Waals surface area contributed by atoms with Gasteiger partial charge in [-0.15, -0.1) is 0 Å². The van der Waals surface area contributed by atoms with E-state index < -0.39 is 211 Å². The molecule has 0 bridgehead atoms. The summed E-state index contributed by atoms with van der Waals surface area (Å²) in [5.74, 6) is -131. The molecular formula is C40H34F39N3O4Sn. The number of ether oxygens (including phenoxy) is 1. The molecule has 1 rings (SSSR count). The number of hydrogen-bond acceptors (Lipinski definition) is 4. The number of alkyl halides is 39. The summed E-state index contributed by atoms with van der Waals surface area (Å²) in [5, 5.41) is 5.04. The first-order chi connectivity index (χ1) is 38.0. The number of para-hydroxylation sites is 1. The van der Waals surface area contributed by atoms with Gasteiger partial charge in [0.2, 0.25) is 0 Å². The SMILES string of the molecule is COC(=O)C(CCCCNC(=O)Nc1cccc[c]1[Sn]([CH2]CC(F)(F)C(F)(F)C(F)(F)C(F)(F)C(F)(F)C(F)(F)F)([CH2]CC(F)(F)C(F)(F)C(F)(F)C(F)(F)C(F)(F)C(F)(F)F)[CH2]CC(F)(F)C(F)(F)C(F)(F)C(F)(F)C(F)(F)C(F)(F)F)NC(C)=O. The van der Waals surface area contributed by atoms with Crippen molar-refractivity contribution in [3.8, 4) is 0 Å². The predicted molar refractivity (Wildman–Crippen MR) is 213 cm³/mol. The Morgan fingerprint density at radius 3 is 0.989 bits per heavy atom. The first-order valence-electron chi connectivity index (χ1n) is 22.4. The van der Waals surface area contributed by atoms with Crippen molar-refractivity contribution in [2.24, 2.45) is 0 Å². The molecule has 1 aromatic carbocycles. The van der Waals surface area contributed by atoms with Gasteiger partial charge in [0.05, 0.1) is 7.11 Å². The van der Waals surface area contributed by atoms with E-state index in [9.17, 15) is 133 Å². The van der Waals surface area contributed by atoms with E-state index in [-0.39, 0.29) is 30.7 Å². The van der Waals surface area contributed by atoms with Gasteiger partial charge in [-0.3, -0.25) is 4.79 Å². The summed E-state index contributed by atoms with van der Waals surface area (Å²) < 4.78 is 545. The Bertz CT molecular complexity index is 2350. The zero-order chi connectivity index (χ0) is 69.7. The van der Waals surface area contributed by atoms with E-state index in [4.69, 9.17) is 0 Å². The molecule has 0 spiro atoms. The van der Waals surface area contributed by atoms with Crippen molar-refractivity contribution >= 4 is 45.6 Å². The van der Waals surface area contributed by atoms with E-state index in [1.54, 1.807) is 5.32 Å². The summed E-state index contributed by atoms with van der Waals surface area (Å²) in [5.41, 5.74) is -1.81. The molecule has 0 aliphatic carbocycles. The molecule has 1 unspecified atom stereocenters. The van der Waals surface area contributed by atoms with Gasteiger partial charge in [-0.2, -0.15) is 0 Å². The molecule has 0 fully saturated rings. The topological polar surface area (TPSA) is 96.5 Å². The van der Waals surface area contributed by atoms with E-state index in [0.717, 1.165) is 14.0 Å². The van der Waals surface area contributed by atoms with Gasteiger partial charge in [-0.25, -0.2) is 0 Å². The van der Waals surface area contributed by atoms with E-state index >= 15 is 52.7 Å². The number of carbonyl (C=O) groups is 3. The molecule has 1 aromatic rings. The minimum atomic E-state index is -8.99. The minimum absolute atomic E-state index is 0.0308. The molecule has 0 aliphatic heterocycles. The quantitative estimate of drug-likeness (QED) is 0.0309. The van der Waals surface area contributed by atoms with Crippen molar-refractivity contribution in [3.63, 3.8) is 0 Å². The van der Waals surface area contributed by atoms with Gasteiger partial charge < -0.3 is 0 Å². The van der Waals surface area contributed by atoms with Crippen molar-refractivity contribution in [2.75, 3.05) is 19.0 Å². The van der Waals surface area contributed by atoms with Crippen molar-refractivity contribution in [3.05, 3.63) is 24.3 Å². The Kier molecular flexibility index (Phi) is 23.1. The zero-order valence-electron chi connectivity index (χ0n) is 41.8. The van der Waals surface area contributed by atoms with Crippen molar-refractivity contribution in [1.82, 2.24) is 10.6 Å². The summed E-state index contributed by atoms with van der Waals surface area (Å²) in [4.78, 5) is 36.3. The second-order valence-electron chi connectivity index (χ2n) is 18.5. The molecular weight excluding hydrogens is 1450 g/mol. The fourth-order valence-corrected chi connectivity index (χ4v) is 21.9. The second kappa shape index (κ2) is 24.9. The van der Waals surface area contributed by atoms with Crippen LogP contribution < -0.4 is 19.5 Å². The van der Waals surface area contributed by atoms with Gasteiger partial charge in [0.25, 0.3) is 0 Å². The first kappa shape index (κ1) is 80.5. The number of benzene rings is 1. The fraction of sp³-hybridized carbons (Fsp3) is 0.775. The van der Waals surface area contributed by atoms with Gasteiger partial charge in [0, 0.05) is 6.92 Å². The van der Waals surface area contributed by atoms with Gasteiger partial charge in [-0.1, -0.05) is 0 Å². The standard InChI is InChI=1S/C16H22N3O4.3C8H4F13.Sn/c1-12(20)18-14(15(21)23-2)10-6-7-11-17-16(22)19-13-8-4-3-5-9-13;3*1-2-3(9,10)4(11,12)5(13,14)6(15,16)7(17,18)8(19,20)21;/h3-5,8,14H,6-7,10-11H2,1-2H3,(H,18,20)(H2,17,19,22);3*1-2H2;. The van der Waals surface area contributed by atoms with Crippen LogP contribution in [0.2, 0.25) is 13.3 Å². The van der Waals surface area contributed by atoms with Gasteiger partial charge >= 0.3 is 443 Å². The van der Waals surface area contributed by atoms with Crippen molar-refractivity contribution < 1.29 is 190 Å². The number of unbranched alkanes of at least 4 members (excludes halogenated alkanes) is 1. The third-order valence-corrected chi connectivity index (χ3v) is 27.4. The molecule has 7 nitrogen and oxygen atoms in total. The molecule has 47 heteroatoms. The number of halogens is 39. The summed E-state index contributed by atoms with van der Waals surface area (Å²) >= 11 is -8.72. The zero-order valence-corrected chi connectivity index (χ0v) is 44.7. The number of rotatable bonds is 30. The Hall–Kier alpha value is -4.50. The summed E-state index contributed by atoms with van der Waals surface area (Å²) in [6.45, 7) is -0.0313. The first-order valence-corrected chi connectivity index (χ1v) is 29.9. The number of urea groups is 1. The molecule has 510 valence electrons. The van der Waals surface area contributed by atoms with Crippen LogP contribution in [0.5, 0.6) is 0 Å². The van der Waals surface area contributed by atoms with E-state index in [2.05, 4.69) is 4.74 Å². The number of nitrogens with one attached hydrogen (secondary N) is 3. The van der Waals surface area contributed by atoms with Gasteiger partial charge in [0.1, 0.15) is 0 Å². The van der Waals surface area contributed by atoms with E-state index in [1.165, 1.54) is 5.32 Å². The van der Waals surface area contributed by atoms with Crippen LogP contribution >= 0.6 is 0 Å². The second-order valence-corrected chi connectivity index (χ2v) is 31.6. The number of esters is 1. The van der Waals surface area contributed by atoms with Crippen LogP contribution in [0.15, 0.2) is 24.3 Å². The van der Waals surface area contributed by atoms with Crippen LogP contribution in [0.3, 0.4) is 0 Å². The Labute approximate surface area is 461 Å². The van der Waals surface area contributed by atoms with Crippen molar-refractivity contribution in [1.29, 1.82) is 0 Å². The third kappa shape index (κ3) is 14.2. The number of carbonyl (C=O) groups excluding carboxylic acids is 3. The van der Waals surface area contributed by atoms with Crippen molar-refractivity contribution in [2.45, 2.75) is 172 Å². The van der Waals surface area contributed by atoms with E-state index in [1.807, 2.05) is 5.32 Å². The molecule has 1 atom stereocenters. The minimum Gasteiger partial charge on any atom is -0.275 e. The van der Waals surface area contributed by atoms with Crippen LogP contribution in [-0.4, -0.2) is 163 Å². The molecule has 0 aliphatic rings. The van der Waals surface area contributed by atoms with Crippen LogP contribution in [0.25, 0.3) is 0 Å². The molecule has 0 aromatic heterocycles. The smallest absolute Gasteiger partial charge is 0.275 e.